The predicted molar refractivity (Wildman–Crippen MR) is 72.1 cm³/mol. The number of carbonyl (C=O) groups excluding carboxylic acids is 1. The highest BCUT2D eigenvalue weighted by Crippen LogP contribution is 2.13. The van der Waals surface area contributed by atoms with E-state index in [1.165, 1.54) is 5.56 Å². The molecule has 1 aromatic carbocycles. The summed E-state index contributed by atoms with van der Waals surface area (Å²) in [6.07, 6.45) is 0. The van der Waals surface area contributed by atoms with Crippen molar-refractivity contribution < 1.29 is 9.53 Å². The molecule has 0 aromatic heterocycles. The Kier molecular flexibility index (Phi) is 6.74. The van der Waals surface area contributed by atoms with Crippen LogP contribution in [0, 0.1) is 0 Å². The molecule has 1 aromatic rings. The Bertz CT molecular complexity index is 329. The number of thioether (sulfide) groups is 1. The zero-order valence-electron chi connectivity index (χ0n) is 10.3. The highest BCUT2D eigenvalue weighted by molar-refractivity contribution is 7.98. The first-order valence-corrected chi connectivity index (χ1v) is 6.89. The number of ether oxygens (including phenoxy) is 1. The van der Waals surface area contributed by atoms with Crippen molar-refractivity contribution in [2.45, 2.75) is 18.7 Å². The minimum Gasteiger partial charge on any atom is -0.465 e. The first-order chi connectivity index (χ1) is 8.27. The summed E-state index contributed by atoms with van der Waals surface area (Å²) >= 11 is 1.73. The third-order valence-electron chi connectivity index (χ3n) is 2.32. The molecule has 0 fully saturated rings. The molecule has 0 aliphatic rings. The smallest absolute Gasteiger partial charge is 0.323 e. The summed E-state index contributed by atoms with van der Waals surface area (Å²) in [7, 11) is 1.78. The molecule has 4 heteroatoms. The minimum absolute atomic E-state index is 0.171. The second-order valence-corrected chi connectivity index (χ2v) is 4.62. The summed E-state index contributed by atoms with van der Waals surface area (Å²) in [5.41, 5.74) is 1.27. The molecular weight excluding hydrogens is 234 g/mol. The number of esters is 1. The molecule has 0 aliphatic heterocycles. The van der Waals surface area contributed by atoms with Crippen LogP contribution >= 0.6 is 11.8 Å². The van der Waals surface area contributed by atoms with E-state index in [4.69, 9.17) is 4.74 Å². The molecule has 0 spiro atoms. The Balaban J connectivity index is 2.31. The number of hydrogen-bond donors (Lipinski definition) is 1. The molecule has 0 saturated carbocycles. The third kappa shape index (κ3) is 5.24. The van der Waals surface area contributed by atoms with Crippen molar-refractivity contribution in [3.8, 4) is 0 Å². The van der Waals surface area contributed by atoms with Gasteiger partial charge < -0.3 is 10.1 Å². The fraction of sp³-hybridized carbons (Fsp3) is 0.462. The Morgan fingerprint density at radius 2 is 2.12 bits per heavy atom. The summed E-state index contributed by atoms with van der Waals surface area (Å²) in [6, 6.07) is 10.0. The second-order valence-electron chi connectivity index (χ2n) is 3.59. The van der Waals surface area contributed by atoms with Crippen molar-refractivity contribution in [2.75, 3.05) is 19.4 Å². The monoisotopic (exact) mass is 253 g/mol. The van der Waals surface area contributed by atoms with Crippen LogP contribution in [0.2, 0.25) is 0 Å². The SMILES string of the molecule is CCOC(=O)C(CSCc1ccccc1)NC. The maximum atomic E-state index is 11.5. The van der Waals surface area contributed by atoms with E-state index in [0.717, 1.165) is 11.5 Å². The maximum Gasteiger partial charge on any atom is 0.323 e. The Labute approximate surface area is 107 Å². The van der Waals surface area contributed by atoms with Crippen molar-refractivity contribution in [1.29, 1.82) is 0 Å². The molecule has 1 unspecified atom stereocenters. The second kappa shape index (κ2) is 8.14. The lowest BCUT2D eigenvalue weighted by Crippen LogP contribution is -2.37. The third-order valence-corrected chi connectivity index (χ3v) is 3.42. The van der Waals surface area contributed by atoms with Gasteiger partial charge in [-0.25, -0.2) is 0 Å². The van der Waals surface area contributed by atoms with Crippen LogP contribution in [0.25, 0.3) is 0 Å². The van der Waals surface area contributed by atoms with Crippen LogP contribution in [-0.2, 0) is 15.3 Å². The van der Waals surface area contributed by atoms with Gasteiger partial charge in [-0.15, -0.1) is 0 Å². The van der Waals surface area contributed by atoms with Crippen LogP contribution in [0.15, 0.2) is 30.3 Å². The Hall–Kier alpha value is -1.00. The van der Waals surface area contributed by atoms with Crippen LogP contribution in [0.4, 0.5) is 0 Å². The molecular formula is C13H19NO2S. The van der Waals surface area contributed by atoms with Gasteiger partial charge in [-0.3, -0.25) is 4.79 Å². The fourth-order valence-electron chi connectivity index (χ4n) is 1.38. The average molecular weight is 253 g/mol. The van der Waals surface area contributed by atoms with Crippen LogP contribution in [0.3, 0.4) is 0 Å². The van der Waals surface area contributed by atoms with E-state index in [-0.39, 0.29) is 12.0 Å². The molecule has 1 rings (SSSR count). The van der Waals surface area contributed by atoms with Crippen LogP contribution < -0.4 is 5.32 Å². The molecule has 0 bridgehead atoms. The highest BCUT2D eigenvalue weighted by atomic mass is 32.2. The molecule has 0 aliphatic carbocycles. The van der Waals surface area contributed by atoms with Gasteiger partial charge in [-0.05, 0) is 19.5 Å². The maximum absolute atomic E-state index is 11.5. The largest absolute Gasteiger partial charge is 0.465 e. The summed E-state index contributed by atoms with van der Waals surface area (Å²) in [5, 5.41) is 2.98. The number of hydrogen-bond acceptors (Lipinski definition) is 4. The van der Waals surface area contributed by atoms with E-state index >= 15 is 0 Å². The first kappa shape index (κ1) is 14.1. The predicted octanol–water partition coefficient (Wildman–Crippen LogP) is 2.07. The molecule has 1 N–H and O–H groups in total. The molecule has 1 atom stereocenters. The Morgan fingerprint density at radius 3 is 2.71 bits per heavy atom. The summed E-state index contributed by atoms with van der Waals surface area (Å²) in [6.45, 7) is 2.25. The van der Waals surface area contributed by atoms with E-state index in [0.29, 0.717) is 6.61 Å². The van der Waals surface area contributed by atoms with E-state index in [2.05, 4.69) is 17.4 Å². The lowest BCUT2D eigenvalue weighted by atomic mass is 10.2. The van der Waals surface area contributed by atoms with Gasteiger partial charge >= 0.3 is 5.97 Å². The quantitative estimate of drug-likeness (QED) is 0.755. The van der Waals surface area contributed by atoms with Gasteiger partial charge in [0.25, 0.3) is 0 Å². The number of rotatable bonds is 7. The zero-order valence-corrected chi connectivity index (χ0v) is 11.1. The van der Waals surface area contributed by atoms with Crippen molar-refractivity contribution in [3.05, 3.63) is 35.9 Å². The van der Waals surface area contributed by atoms with Crippen molar-refractivity contribution in [3.63, 3.8) is 0 Å². The molecule has 0 heterocycles. The lowest BCUT2D eigenvalue weighted by Gasteiger charge is -2.14. The number of carbonyl (C=O) groups is 1. The van der Waals surface area contributed by atoms with Gasteiger partial charge in [0.15, 0.2) is 0 Å². The van der Waals surface area contributed by atoms with E-state index < -0.39 is 0 Å². The summed E-state index contributed by atoms with van der Waals surface area (Å²) in [4.78, 5) is 11.5. The van der Waals surface area contributed by atoms with Crippen LogP contribution in [0.5, 0.6) is 0 Å². The minimum atomic E-state index is -0.219. The molecule has 3 nitrogen and oxygen atoms in total. The van der Waals surface area contributed by atoms with Crippen molar-refractivity contribution in [2.24, 2.45) is 0 Å². The topological polar surface area (TPSA) is 38.3 Å². The molecule has 0 amide bonds. The fourth-order valence-corrected chi connectivity index (χ4v) is 2.47. The molecule has 0 radical (unpaired) electrons. The number of benzene rings is 1. The molecule has 0 saturated heterocycles. The van der Waals surface area contributed by atoms with Gasteiger partial charge in [0, 0.05) is 11.5 Å². The Morgan fingerprint density at radius 1 is 1.41 bits per heavy atom. The molecule has 94 valence electrons. The van der Waals surface area contributed by atoms with Gasteiger partial charge in [0.2, 0.25) is 0 Å². The van der Waals surface area contributed by atoms with Gasteiger partial charge in [-0.1, -0.05) is 30.3 Å². The van der Waals surface area contributed by atoms with E-state index in [1.54, 1.807) is 18.8 Å². The van der Waals surface area contributed by atoms with Crippen molar-refractivity contribution in [1.82, 2.24) is 5.32 Å². The number of nitrogens with one attached hydrogen (secondary N) is 1. The highest BCUT2D eigenvalue weighted by Gasteiger charge is 2.16. The standard InChI is InChI=1S/C13H19NO2S/c1-3-16-13(15)12(14-2)10-17-9-11-7-5-4-6-8-11/h4-8,12,14H,3,9-10H2,1-2H3. The van der Waals surface area contributed by atoms with Gasteiger partial charge in [-0.2, -0.15) is 11.8 Å². The normalized spacial score (nSPS) is 12.1. The summed E-state index contributed by atoms with van der Waals surface area (Å²) in [5.74, 6) is 1.47. The zero-order chi connectivity index (χ0) is 12.5. The van der Waals surface area contributed by atoms with E-state index in [1.807, 2.05) is 25.1 Å². The van der Waals surface area contributed by atoms with Gasteiger partial charge in [0.1, 0.15) is 6.04 Å². The van der Waals surface area contributed by atoms with Crippen LogP contribution in [0.1, 0.15) is 12.5 Å². The number of likely N-dealkylation sites (N-methyl/N-ethyl adjacent to an activating group) is 1. The van der Waals surface area contributed by atoms with Crippen LogP contribution in [-0.4, -0.2) is 31.4 Å². The van der Waals surface area contributed by atoms with E-state index in [9.17, 15) is 4.79 Å². The van der Waals surface area contributed by atoms with Crippen molar-refractivity contribution >= 4 is 17.7 Å². The average Bonchev–Trinajstić information content (AvgIpc) is 2.36. The molecule has 17 heavy (non-hydrogen) atoms. The van der Waals surface area contributed by atoms with Gasteiger partial charge in [0.05, 0.1) is 6.61 Å². The first-order valence-electron chi connectivity index (χ1n) is 5.73. The summed E-state index contributed by atoms with van der Waals surface area (Å²) < 4.78 is 4.98. The lowest BCUT2D eigenvalue weighted by molar-refractivity contribution is -0.144.